The van der Waals surface area contributed by atoms with E-state index >= 15 is 0 Å². The molecule has 150 valence electrons. The minimum atomic E-state index is -0.210. The zero-order chi connectivity index (χ0) is 19.3. The van der Waals surface area contributed by atoms with Crippen molar-refractivity contribution in [3.63, 3.8) is 0 Å². The Morgan fingerprint density at radius 3 is 2.71 bits per heavy atom. The Balaban J connectivity index is 1.29. The number of aryl methyl sites for hydroxylation is 1. The molecule has 0 radical (unpaired) electrons. The molecule has 0 saturated carbocycles. The van der Waals surface area contributed by atoms with Crippen LogP contribution in [0.4, 0.5) is 0 Å². The molecule has 1 aromatic carbocycles. The fraction of sp³-hybridized carbons (Fsp3) is 0.500. The van der Waals surface area contributed by atoms with Gasteiger partial charge in [0.05, 0.1) is 6.54 Å². The first-order valence-electron chi connectivity index (χ1n) is 10.1. The third kappa shape index (κ3) is 4.99. The lowest BCUT2D eigenvalue weighted by atomic mass is 10.2. The first-order valence-corrected chi connectivity index (χ1v) is 10.9. The summed E-state index contributed by atoms with van der Waals surface area (Å²) in [7, 11) is 0. The lowest BCUT2D eigenvalue weighted by Gasteiger charge is -2.24. The summed E-state index contributed by atoms with van der Waals surface area (Å²) in [5, 5.41) is 0.920. The van der Waals surface area contributed by atoms with Crippen LogP contribution in [0.15, 0.2) is 50.8 Å². The van der Waals surface area contributed by atoms with Crippen molar-refractivity contribution in [1.29, 1.82) is 0 Å². The van der Waals surface area contributed by atoms with E-state index in [1.54, 1.807) is 11.8 Å². The second-order valence-corrected chi connectivity index (χ2v) is 8.67. The Bertz CT molecular complexity index is 783. The molecule has 2 aliphatic rings. The third-order valence-electron chi connectivity index (χ3n) is 5.36. The van der Waals surface area contributed by atoms with Crippen LogP contribution in [0.5, 0.6) is 0 Å². The maximum atomic E-state index is 12.6. The molecular formula is C22H28N2O3S. The molecular weight excluding hydrogens is 372 g/mol. The van der Waals surface area contributed by atoms with Crippen molar-refractivity contribution in [2.24, 2.45) is 0 Å². The van der Waals surface area contributed by atoms with E-state index in [1.807, 2.05) is 11.0 Å². The molecule has 2 fully saturated rings. The lowest BCUT2D eigenvalue weighted by molar-refractivity contribution is -0.140. The maximum absolute atomic E-state index is 12.6. The van der Waals surface area contributed by atoms with Gasteiger partial charge in [0.15, 0.2) is 5.09 Å². The van der Waals surface area contributed by atoms with Crippen molar-refractivity contribution in [3.05, 3.63) is 47.7 Å². The van der Waals surface area contributed by atoms with Crippen molar-refractivity contribution >= 4 is 17.7 Å². The number of hydrogen-bond donors (Lipinski definition) is 0. The van der Waals surface area contributed by atoms with Gasteiger partial charge in [-0.15, -0.1) is 0 Å². The summed E-state index contributed by atoms with van der Waals surface area (Å²) < 4.78 is 11.6. The highest BCUT2D eigenvalue weighted by molar-refractivity contribution is 7.99. The van der Waals surface area contributed by atoms with Crippen LogP contribution in [0.1, 0.15) is 30.6 Å². The second-order valence-electron chi connectivity index (χ2n) is 7.59. The molecule has 1 aromatic heterocycles. The number of hydrogen-bond acceptors (Lipinski definition) is 5. The highest BCUT2D eigenvalue weighted by Gasteiger charge is 2.29. The van der Waals surface area contributed by atoms with Crippen molar-refractivity contribution in [2.75, 3.05) is 32.8 Å². The van der Waals surface area contributed by atoms with Gasteiger partial charge in [-0.3, -0.25) is 9.69 Å². The molecule has 3 heterocycles. The van der Waals surface area contributed by atoms with Crippen LogP contribution in [0.2, 0.25) is 0 Å². The second kappa shape index (κ2) is 9.16. The minimum absolute atomic E-state index is 0.175. The summed E-state index contributed by atoms with van der Waals surface area (Å²) in [5.74, 6) is 1.16. The highest BCUT2D eigenvalue weighted by atomic mass is 32.2. The molecule has 2 aliphatic heterocycles. The van der Waals surface area contributed by atoms with E-state index in [9.17, 15) is 4.79 Å². The topological polar surface area (TPSA) is 45.9 Å². The van der Waals surface area contributed by atoms with Crippen molar-refractivity contribution in [3.8, 4) is 0 Å². The van der Waals surface area contributed by atoms with Gasteiger partial charge in [0.2, 0.25) is 0 Å². The van der Waals surface area contributed by atoms with Gasteiger partial charge < -0.3 is 14.1 Å². The van der Waals surface area contributed by atoms with Crippen LogP contribution < -0.4 is 0 Å². The van der Waals surface area contributed by atoms with Gasteiger partial charge in [-0.1, -0.05) is 29.5 Å². The SMILES string of the molecule is Cc1ccc(Sc2ccc(CN3CCCN(C(=O)C4CCCO4)CC3)o2)cc1. The number of furan rings is 1. The van der Waals surface area contributed by atoms with Crippen molar-refractivity contribution < 1.29 is 13.9 Å². The lowest BCUT2D eigenvalue weighted by Crippen LogP contribution is -2.41. The Morgan fingerprint density at radius 2 is 1.93 bits per heavy atom. The fourth-order valence-electron chi connectivity index (χ4n) is 3.77. The molecule has 0 N–H and O–H groups in total. The smallest absolute Gasteiger partial charge is 0.251 e. The number of benzene rings is 1. The number of carbonyl (C=O) groups excluding carboxylic acids is 1. The van der Waals surface area contributed by atoms with E-state index in [0.717, 1.165) is 69.4 Å². The average Bonchev–Trinajstić information content (AvgIpc) is 3.32. The molecule has 2 aromatic rings. The van der Waals surface area contributed by atoms with Gasteiger partial charge in [-0.2, -0.15) is 0 Å². The maximum Gasteiger partial charge on any atom is 0.251 e. The number of amides is 1. The van der Waals surface area contributed by atoms with Gasteiger partial charge in [-0.25, -0.2) is 0 Å². The van der Waals surface area contributed by atoms with E-state index in [2.05, 4.69) is 42.2 Å². The van der Waals surface area contributed by atoms with E-state index in [-0.39, 0.29) is 12.0 Å². The summed E-state index contributed by atoms with van der Waals surface area (Å²) in [4.78, 5) is 18.1. The van der Waals surface area contributed by atoms with Crippen LogP contribution in [0, 0.1) is 6.92 Å². The number of rotatable bonds is 5. The minimum Gasteiger partial charge on any atom is -0.453 e. The fourth-order valence-corrected chi connectivity index (χ4v) is 4.56. The van der Waals surface area contributed by atoms with Crippen LogP contribution >= 0.6 is 11.8 Å². The molecule has 0 spiro atoms. The molecule has 1 amide bonds. The zero-order valence-corrected chi connectivity index (χ0v) is 17.2. The molecule has 5 nitrogen and oxygen atoms in total. The molecule has 0 bridgehead atoms. The number of ether oxygens (including phenoxy) is 1. The molecule has 4 rings (SSSR count). The Labute approximate surface area is 171 Å². The molecule has 0 aliphatic carbocycles. The van der Waals surface area contributed by atoms with E-state index in [0.29, 0.717) is 0 Å². The summed E-state index contributed by atoms with van der Waals surface area (Å²) in [6.45, 7) is 7.05. The van der Waals surface area contributed by atoms with E-state index < -0.39 is 0 Å². The monoisotopic (exact) mass is 400 g/mol. The summed E-state index contributed by atoms with van der Waals surface area (Å²) in [6.07, 6.45) is 2.65. The van der Waals surface area contributed by atoms with Crippen LogP contribution in [0.25, 0.3) is 0 Å². The van der Waals surface area contributed by atoms with Gasteiger partial charge in [0.25, 0.3) is 5.91 Å². The molecule has 6 heteroatoms. The van der Waals surface area contributed by atoms with E-state index in [4.69, 9.17) is 9.15 Å². The van der Waals surface area contributed by atoms with Crippen LogP contribution in [0.3, 0.4) is 0 Å². The van der Waals surface area contributed by atoms with Crippen molar-refractivity contribution in [1.82, 2.24) is 9.80 Å². The van der Waals surface area contributed by atoms with E-state index in [1.165, 1.54) is 10.5 Å². The first kappa shape index (κ1) is 19.6. The van der Waals surface area contributed by atoms with Gasteiger partial charge >= 0.3 is 0 Å². The molecule has 1 atom stereocenters. The van der Waals surface area contributed by atoms with Crippen LogP contribution in [-0.2, 0) is 16.1 Å². The Kier molecular flexibility index (Phi) is 6.40. The molecule has 2 saturated heterocycles. The van der Waals surface area contributed by atoms with Crippen molar-refractivity contribution in [2.45, 2.75) is 48.8 Å². The van der Waals surface area contributed by atoms with Gasteiger partial charge in [-0.05, 0) is 50.5 Å². The first-order chi connectivity index (χ1) is 13.7. The summed E-state index contributed by atoms with van der Waals surface area (Å²) in [6, 6.07) is 12.6. The normalized spacial score (nSPS) is 21.0. The largest absolute Gasteiger partial charge is 0.453 e. The zero-order valence-electron chi connectivity index (χ0n) is 16.4. The summed E-state index contributed by atoms with van der Waals surface area (Å²) >= 11 is 1.65. The average molecular weight is 401 g/mol. The Morgan fingerprint density at radius 1 is 1.07 bits per heavy atom. The standard InChI is InChI=1S/C22H28N2O3S/c1-17-5-8-19(9-6-17)28-21-10-7-18(27-21)16-23-11-3-12-24(14-13-23)22(25)20-4-2-15-26-20/h5-10,20H,2-4,11-16H2,1H3. The number of nitrogens with zero attached hydrogens (tertiary/aromatic N) is 2. The van der Waals surface area contributed by atoms with Gasteiger partial charge in [0, 0.05) is 37.7 Å². The quantitative estimate of drug-likeness (QED) is 0.760. The van der Waals surface area contributed by atoms with Gasteiger partial charge in [0.1, 0.15) is 11.9 Å². The highest BCUT2D eigenvalue weighted by Crippen LogP contribution is 2.29. The third-order valence-corrected chi connectivity index (χ3v) is 6.29. The molecule has 28 heavy (non-hydrogen) atoms. The Hall–Kier alpha value is -1.76. The molecule has 1 unspecified atom stereocenters. The predicted molar refractivity (Wildman–Crippen MR) is 109 cm³/mol. The predicted octanol–water partition coefficient (Wildman–Crippen LogP) is 3.95. The summed E-state index contributed by atoms with van der Waals surface area (Å²) in [5.41, 5.74) is 1.26. The van der Waals surface area contributed by atoms with Crippen LogP contribution in [-0.4, -0.2) is 54.6 Å². The number of carbonyl (C=O) groups is 1.